The highest BCUT2D eigenvalue weighted by molar-refractivity contribution is 9.11. The molecule has 0 atom stereocenters. The summed E-state index contributed by atoms with van der Waals surface area (Å²) in [6, 6.07) is 3.79. The lowest BCUT2D eigenvalue weighted by atomic mass is 10.7. The third kappa shape index (κ3) is 3.16. The average Bonchev–Trinajstić information content (AvgIpc) is 2.36. The van der Waals surface area contributed by atoms with Gasteiger partial charge in [0.1, 0.15) is 0 Å². The fourth-order valence-electron chi connectivity index (χ4n) is 0.582. The lowest BCUT2D eigenvalue weighted by Gasteiger charge is -1.96. The monoisotopic (exact) mass is 266 g/mol. The maximum atomic E-state index is 11.0. The van der Waals surface area contributed by atoms with Crippen molar-refractivity contribution in [2.45, 2.75) is 11.1 Å². The van der Waals surface area contributed by atoms with Crippen molar-refractivity contribution in [1.29, 1.82) is 0 Å². The maximum Gasteiger partial charge on any atom is 0.372 e. The smallest absolute Gasteiger partial charge is 0.372 e. The third-order valence-electron chi connectivity index (χ3n) is 0.995. The molecular formula is C7H7BrO2S2. The largest absolute Gasteiger partial charge is 0.458 e. The highest BCUT2D eigenvalue weighted by atomic mass is 79.9. The Labute approximate surface area is 87.4 Å². The van der Waals surface area contributed by atoms with E-state index >= 15 is 0 Å². The van der Waals surface area contributed by atoms with E-state index < -0.39 is 0 Å². The summed E-state index contributed by atoms with van der Waals surface area (Å²) < 4.78 is 6.74. The Bertz CT molecular complexity index is 272. The molecular weight excluding hydrogens is 260 g/mol. The van der Waals surface area contributed by atoms with Gasteiger partial charge in [0, 0.05) is 11.8 Å². The lowest BCUT2D eigenvalue weighted by Crippen LogP contribution is -1.94. The van der Waals surface area contributed by atoms with E-state index in [4.69, 9.17) is 4.74 Å². The quantitative estimate of drug-likeness (QED) is 0.603. The van der Waals surface area contributed by atoms with Crippen molar-refractivity contribution in [2.75, 3.05) is 6.61 Å². The Balaban J connectivity index is 2.46. The minimum absolute atomic E-state index is 0.244. The molecule has 0 bridgehead atoms. The predicted molar refractivity (Wildman–Crippen MR) is 54.9 cm³/mol. The van der Waals surface area contributed by atoms with Gasteiger partial charge in [-0.2, -0.15) is 0 Å². The number of thioether (sulfide) groups is 1. The van der Waals surface area contributed by atoms with Gasteiger partial charge in [-0.25, -0.2) is 4.79 Å². The number of carbonyl (C=O) groups excluding carboxylic acids is 1. The summed E-state index contributed by atoms with van der Waals surface area (Å²) in [5, 5.41) is -0.244. The number of ether oxygens (including phenoxy) is 1. The van der Waals surface area contributed by atoms with E-state index in [1.165, 1.54) is 11.3 Å². The molecule has 1 rings (SSSR count). The second-order valence-electron chi connectivity index (χ2n) is 1.84. The molecule has 1 aromatic rings. The highest BCUT2D eigenvalue weighted by Gasteiger charge is 2.06. The topological polar surface area (TPSA) is 26.3 Å². The number of hydrogen-bond acceptors (Lipinski definition) is 4. The van der Waals surface area contributed by atoms with Gasteiger partial charge in [-0.05, 0) is 35.0 Å². The second-order valence-corrected chi connectivity index (χ2v) is 5.54. The van der Waals surface area contributed by atoms with E-state index in [1.54, 1.807) is 6.92 Å². The van der Waals surface area contributed by atoms with Crippen molar-refractivity contribution < 1.29 is 9.53 Å². The second kappa shape index (κ2) is 4.89. The van der Waals surface area contributed by atoms with E-state index in [-0.39, 0.29) is 5.30 Å². The van der Waals surface area contributed by atoms with Crippen LogP contribution >= 0.6 is 39.0 Å². The first kappa shape index (κ1) is 10.1. The molecule has 0 saturated heterocycles. The van der Waals surface area contributed by atoms with Crippen molar-refractivity contribution in [3.8, 4) is 0 Å². The van der Waals surface area contributed by atoms with Crippen LogP contribution in [0.5, 0.6) is 0 Å². The summed E-state index contributed by atoms with van der Waals surface area (Å²) in [7, 11) is 0. The van der Waals surface area contributed by atoms with Gasteiger partial charge in [-0.15, -0.1) is 11.3 Å². The number of rotatable bonds is 2. The first-order valence-electron chi connectivity index (χ1n) is 3.32. The van der Waals surface area contributed by atoms with Crippen LogP contribution in [0.4, 0.5) is 4.79 Å². The normalized spacial score (nSPS) is 9.83. The van der Waals surface area contributed by atoms with Crippen molar-refractivity contribution in [1.82, 2.24) is 0 Å². The van der Waals surface area contributed by atoms with Crippen LogP contribution in [0, 0.1) is 0 Å². The predicted octanol–water partition coefficient (Wildman–Crippen LogP) is 3.76. The van der Waals surface area contributed by atoms with Gasteiger partial charge in [0.25, 0.3) is 0 Å². The van der Waals surface area contributed by atoms with Crippen molar-refractivity contribution >= 4 is 44.3 Å². The van der Waals surface area contributed by atoms with Crippen molar-refractivity contribution in [3.63, 3.8) is 0 Å². The minimum Gasteiger partial charge on any atom is -0.458 e. The van der Waals surface area contributed by atoms with Gasteiger partial charge in [-0.1, -0.05) is 0 Å². The van der Waals surface area contributed by atoms with Crippen LogP contribution in [0.2, 0.25) is 0 Å². The molecule has 0 unspecified atom stereocenters. The summed E-state index contributed by atoms with van der Waals surface area (Å²) in [6.45, 7) is 2.22. The van der Waals surface area contributed by atoms with Crippen LogP contribution in [0.3, 0.4) is 0 Å². The number of halogens is 1. The van der Waals surface area contributed by atoms with Crippen LogP contribution < -0.4 is 0 Å². The summed E-state index contributed by atoms with van der Waals surface area (Å²) in [5.74, 6) is 0. The van der Waals surface area contributed by atoms with Crippen LogP contribution in [-0.4, -0.2) is 11.9 Å². The lowest BCUT2D eigenvalue weighted by molar-refractivity contribution is 0.181. The van der Waals surface area contributed by atoms with E-state index in [9.17, 15) is 4.79 Å². The molecule has 1 aromatic heterocycles. The molecule has 66 valence electrons. The molecule has 1 heterocycles. The highest BCUT2D eigenvalue weighted by Crippen LogP contribution is 2.31. The van der Waals surface area contributed by atoms with Gasteiger partial charge in [0.15, 0.2) is 0 Å². The Morgan fingerprint density at radius 3 is 3.00 bits per heavy atom. The molecule has 12 heavy (non-hydrogen) atoms. The Morgan fingerprint density at radius 2 is 2.50 bits per heavy atom. The minimum atomic E-state index is -0.244. The average molecular weight is 267 g/mol. The molecule has 0 aromatic carbocycles. The molecule has 0 fully saturated rings. The van der Waals surface area contributed by atoms with Gasteiger partial charge < -0.3 is 4.74 Å². The third-order valence-corrected chi connectivity index (χ3v) is 3.53. The zero-order valence-corrected chi connectivity index (χ0v) is 9.59. The summed E-state index contributed by atoms with van der Waals surface area (Å²) in [5.41, 5.74) is 0. The Morgan fingerprint density at radius 1 is 1.75 bits per heavy atom. The summed E-state index contributed by atoms with van der Waals surface area (Å²) >= 11 is 5.95. The van der Waals surface area contributed by atoms with Gasteiger partial charge in [0.05, 0.1) is 14.6 Å². The zero-order chi connectivity index (χ0) is 8.97. The molecule has 0 aliphatic heterocycles. The SMILES string of the molecule is CCOC(=O)Sc1ccc(Br)s1. The molecule has 0 spiro atoms. The van der Waals surface area contributed by atoms with Crippen LogP contribution in [-0.2, 0) is 4.74 Å². The molecule has 0 amide bonds. The fraction of sp³-hybridized carbons (Fsp3) is 0.286. The van der Waals surface area contributed by atoms with Gasteiger partial charge >= 0.3 is 5.30 Å². The fourth-order valence-corrected chi connectivity index (χ4v) is 3.14. The van der Waals surface area contributed by atoms with E-state index in [0.717, 1.165) is 19.8 Å². The van der Waals surface area contributed by atoms with Crippen LogP contribution in [0.25, 0.3) is 0 Å². The van der Waals surface area contributed by atoms with Gasteiger partial charge in [0.2, 0.25) is 0 Å². The Kier molecular flexibility index (Phi) is 4.11. The van der Waals surface area contributed by atoms with Crippen LogP contribution in [0.15, 0.2) is 20.1 Å². The van der Waals surface area contributed by atoms with E-state index in [2.05, 4.69) is 15.9 Å². The standard InChI is InChI=1S/C7H7BrO2S2/c1-2-10-7(9)12-6-4-3-5(8)11-6/h3-4H,2H2,1H3. The molecule has 0 aliphatic carbocycles. The zero-order valence-electron chi connectivity index (χ0n) is 6.37. The number of carbonyl (C=O) groups is 1. The first-order chi connectivity index (χ1) is 5.72. The Hall–Kier alpha value is -0.0000000000000000833. The molecule has 0 saturated carbocycles. The summed E-state index contributed by atoms with van der Waals surface area (Å²) in [6.07, 6.45) is 0. The first-order valence-corrected chi connectivity index (χ1v) is 5.75. The maximum absolute atomic E-state index is 11.0. The number of thiophene rings is 1. The molecule has 2 nitrogen and oxygen atoms in total. The summed E-state index contributed by atoms with van der Waals surface area (Å²) in [4.78, 5) is 11.0. The van der Waals surface area contributed by atoms with Crippen molar-refractivity contribution in [2.24, 2.45) is 0 Å². The van der Waals surface area contributed by atoms with Crippen LogP contribution in [0.1, 0.15) is 6.92 Å². The van der Waals surface area contributed by atoms with Crippen molar-refractivity contribution in [3.05, 3.63) is 15.9 Å². The van der Waals surface area contributed by atoms with Gasteiger partial charge in [-0.3, -0.25) is 0 Å². The molecule has 0 radical (unpaired) electrons. The number of hydrogen-bond donors (Lipinski definition) is 0. The van der Waals surface area contributed by atoms with E-state index in [1.807, 2.05) is 12.1 Å². The molecule has 0 aliphatic rings. The molecule has 5 heteroatoms. The molecule has 0 N–H and O–H groups in total. The van der Waals surface area contributed by atoms with E-state index in [0.29, 0.717) is 6.61 Å².